The summed E-state index contributed by atoms with van der Waals surface area (Å²) in [4.78, 5) is 41.3. The molecule has 0 aliphatic carbocycles. The van der Waals surface area contributed by atoms with Gasteiger partial charge in [-0.3, -0.25) is 19.8 Å². The molecule has 4 amide bonds. The Morgan fingerprint density at radius 1 is 0.949 bits per heavy atom. The molecule has 10 heteroatoms. The normalized spacial score (nSPS) is 11.9. The van der Waals surface area contributed by atoms with Gasteiger partial charge in [-0.1, -0.05) is 56.8 Å². The minimum atomic E-state index is -1.23. The average molecular weight is 536 g/mol. The van der Waals surface area contributed by atoms with Gasteiger partial charge in [0, 0.05) is 31.0 Å². The lowest BCUT2D eigenvalue weighted by Crippen LogP contribution is -2.53. The molecule has 0 bridgehead atoms. The zero-order chi connectivity index (χ0) is 27.5. The number of benzene rings is 2. The number of urea groups is 1. The number of carbonyl (C=O) groups excluding carboxylic acids is 3. The van der Waals surface area contributed by atoms with Crippen molar-refractivity contribution in [2.24, 2.45) is 0 Å². The van der Waals surface area contributed by atoms with E-state index in [2.05, 4.69) is 40.0 Å². The molecule has 0 aliphatic heterocycles. The van der Waals surface area contributed by atoms with Gasteiger partial charge < -0.3 is 21.1 Å². The van der Waals surface area contributed by atoms with Gasteiger partial charge in [0.1, 0.15) is 6.04 Å². The third-order valence-electron chi connectivity index (χ3n) is 5.92. The molecule has 0 unspecified atom stereocenters. The molecule has 10 nitrogen and oxygen atoms in total. The third kappa shape index (κ3) is 9.20. The fourth-order valence-corrected chi connectivity index (χ4v) is 3.64. The average Bonchev–Trinajstić information content (AvgIpc) is 2.94. The van der Waals surface area contributed by atoms with Gasteiger partial charge in [-0.2, -0.15) is 0 Å². The molecular formula is C29H37N5O5. The van der Waals surface area contributed by atoms with Gasteiger partial charge in [0.05, 0.1) is 12.6 Å². The van der Waals surface area contributed by atoms with E-state index in [1.807, 2.05) is 24.3 Å². The second-order valence-corrected chi connectivity index (χ2v) is 8.75. The lowest BCUT2D eigenvalue weighted by atomic mass is 10.0. The molecule has 0 radical (unpaired) electrons. The quantitative estimate of drug-likeness (QED) is 0.189. The van der Waals surface area contributed by atoms with E-state index in [1.54, 1.807) is 36.7 Å². The zero-order valence-electron chi connectivity index (χ0n) is 21.4. The molecule has 0 aliphatic rings. The van der Waals surface area contributed by atoms with Crippen LogP contribution in [0.4, 0.5) is 4.79 Å². The maximum Gasteiger partial charge on any atom is 0.341 e. The minimum absolute atomic E-state index is 0. The molecular weight excluding hydrogens is 498 g/mol. The van der Waals surface area contributed by atoms with Crippen molar-refractivity contribution < 1.29 is 24.7 Å². The number of hydrogen-bond donors (Lipinski definition) is 5. The van der Waals surface area contributed by atoms with Crippen LogP contribution in [-0.4, -0.2) is 63.4 Å². The van der Waals surface area contributed by atoms with Gasteiger partial charge in [0.2, 0.25) is 5.91 Å². The first-order chi connectivity index (χ1) is 18.3. The summed E-state index contributed by atoms with van der Waals surface area (Å²) in [6, 6.07) is 16.7. The van der Waals surface area contributed by atoms with E-state index < -0.39 is 30.0 Å². The summed E-state index contributed by atoms with van der Waals surface area (Å²) in [7, 11) is 0. The first kappa shape index (κ1) is 30.9. The van der Waals surface area contributed by atoms with Crippen LogP contribution in [0.2, 0.25) is 0 Å². The first-order valence-corrected chi connectivity index (χ1v) is 12.4. The van der Waals surface area contributed by atoms with Crippen LogP contribution in [0.1, 0.15) is 42.8 Å². The predicted octanol–water partition coefficient (Wildman–Crippen LogP) is 3.14. The number of amides is 4. The Morgan fingerprint density at radius 3 is 2.15 bits per heavy atom. The second kappa shape index (κ2) is 15.2. The minimum Gasteiger partial charge on any atom is -0.391 e. The summed E-state index contributed by atoms with van der Waals surface area (Å²) in [5, 5.41) is 28.0. The third-order valence-corrected chi connectivity index (χ3v) is 5.92. The van der Waals surface area contributed by atoms with Crippen LogP contribution in [0, 0.1) is 0 Å². The zero-order valence-corrected chi connectivity index (χ0v) is 21.4. The van der Waals surface area contributed by atoms with Gasteiger partial charge in [-0.15, -0.1) is 0 Å². The predicted molar refractivity (Wildman–Crippen MR) is 149 cm³/mol. The van der Waals surface area contributed by atoms with E-state index in [1.165, 1.54) is 12.5 Å². The summed E-state index contributed by atoms with van der Waals surface area (Å²) in [6.07, 6.45) is 2.98. The van der Waals surface area contributed by atoms with E-state index in [4.69, 9.17) is 0 Å². The number of aliphatic hydroxyl groups is 1. The highest BCUT2D eigenvalue weighted by Gasteiger charge is 2.26. The van der Waals surface area contributed by atoms with Crippen LogP contribution in [0.25, 0.3) is 11.1 Å². The topological polar surface area (TPSA) is 144 Å². The van der Waals surface area contributed by atoms with Crippen LogP contribution in [0.3, 0.4) is 0 Å². The number of aryl methyl sites for hydroxylation is 1. The van der Waals surface area contributed by atoms with Gasteiger partial charge in [-0.25, -0.2) is 9.86 Å². The Bertz CT molecular complexity index is 1200. The number of rotatable bonds is 11. The molecule has 3 rings (SSSR count). The number of hydroxylamine groups is 2. The van der Waals surface area contributed by atoms with Crippen molar-refractivity contribution in [3.05, 3.63) is 89.7 Å². The Hall–Kier alpha value is -4.28. The fourth-order valence-electron chi connectivity index (χ4n) is 3.64. The maximum atomic E-state index is 12.7. The molecule has 5 N–H and O–H groups in total. The summed E-state index contributed by atoms with van der Waals surface area (Å²) < 4.78 is 0. The largest absolute Gasteiger partial charge is 0.391 e. The molecule has 39 heavy (non-hydrogen) atoms. The number of hydrogen-bond acceptors (Lipinski definition) is 6. The Morgan fingerprint density at radius 2 is 1.59 bits per heavy atom. The number of pyridine rings is 1. The van der Waals surface area contributed by atoms with Gasteiger partial charge in [-0.05, 0) is 53.8 Å². The van der Waals surface area contributed by atoms with Gasteiger partial charge in [0.15, 0.2) is 0 Å². The van der Waals surface area contributed by atoms with Crippen molar-refractivity contribution in [3.63, 3.8) is 0 Å². The van der Waals surface area contributed by atoms with Crippen molar-refractivity contribution >= 4 is 17.8 Å². The highest BCUT2D eigenvalue weighted by atomic mass is 16.5. The molecule has 3 aromatic rings. The fraction of sp³-hybridized carbons (Fsp3) is 0.310. The van der Waals surface area contributed by atoms with E-state index in [0.29, 0.717) is 10.6 Å². The molecule has 208 valence electrons. The van der Waals surface area contributed by atoms with E-state index in [9.17, 15) is 24.7 Å². The Kier molecular flexibility index (Phi) is 12.1. The van der Waals surface area contributed by atoms with E-state index >= 15 is 0 Å². The summed E-state index contributed by atoms with van der Waals surface area (Å²) in [5.41, 5.74) is 4.32. The van der Waals surface area contributed by atoms with Crippen LogP contribution in [0.5, 0.6) is 0 Å². The highest BCUT2D eigenvalue weighted by molar-refractivity contribution is 5.98. The van der Waals surface area contributed by atoms with Gasteiger partial charge in [0.25, 0.3) is 5.91 Å². The van der Waals surface area contributed by atoms with Crippen molar-refractivity contribution in [2.75, 3.05) is 13.1 Å². The number of aromatic nitrogens is 1. The summed E-state index contributed by atoms with van der Waals surface area (Å²) in [5.74, 6) is -1.16. The molecule has 0 spiro atoms. The summed E-state index contributed by atoms with van der Waals surface area (Å²) >= 11 is 0. The van der Waals surface area contributed by atoms with Crippen molar-refractivity contribution in [1.29, 1.82) is 0 Å². The molecule has 2 atom stereocenters. The molecule has 2 aromatic carbocycles. The lowest BCUT2D eigenvalue weighted by molar-refractivity contribution is -0.125. The molecule has 1 heterocycles. The summed E-state index contributed by atoms with van der Waals surface area (Å²) in [6.45, 7) is 3.36. The van der Waals surface area contributed by atoms with Crippen molar-refractivity contribution in [2.45, 2.75) is 46.4 Å². The molecule has 0 saturated heterocycles. The SMILES string of the molecule is C.CCc1ccc(-c2ccc(C(=O)N[C@H](C(=O)NCCN(O)C(=O)NCc3cccnc3)[C@@H](C)O)cc2)cc1. The van der Waals surface area contributed by atoms with E-state index in [0.717, 1.165) is 23.1 Å². The van der Waals surface area contributed by atoms with Crippen molar-refractivity contribution in [3.8, 4) is 11.1 Å². The molecule has 0 saturated carbocycles. The number of aliphatic hydroxyl groups excluding tert-OH is 1. The number of nitrogens with zero attached hydrogens (tertiary/aromatic N) is 2. The van der Waals surface area contributed by atoms with Crippen LogP contribution in [-0.2, 0) is 17.8 Å². The van der Waals surface area contributed by atoms with Crippen LogP contribution in [0.15, 0.2) is 73.1 Å². The standard InChI is InChI=1S/C28H33N5O5.CH4/c1-3-20-6-8-22(9-7-20)23-10-12-24(13-11-23)26(35)32-25(19(2)34)27(36)30-15-16-33(38)28(37)31-18-21-5-4-14-29-17-21;/h4-14,17,19,25,34,38H,3,15-16,18H2,1-2H3,(H,30,36)(H,31,37)(H,32,35);1H4/t19-,25+;/m1./s1. The van der Waals surface area contributed by atoms with Crippen LogP contribution >= 0.6 is 0 Å². The highest BCUT2D eigenvalue weighted by Crippen LogP contribution is 2.20. The monoisotopic (exact) mass is 535 g/mol. The second-order valence-electron chi connectivity index (χ2n) is 8.75. The first-order valence-electron chi connectivity index (χ1n) is 12.4. The van der Waals surface area contributed by atoms with Crippen molar-refractivity contribution in [1.82, 2.24) is 26.0 Å². The molecule has 0 fully saturated rings. The lowest BCUT2D eigenvalue weighted by Gasteiger charge is -2.22. The number of carbonyl (C=O) groups is 3. The van der Waals surface area contributed by atoms with E-state index in [-0.39, 0.29) is 27.1 Å². The Balaban J connectivity index is 0.00000533. The molecule has 1 aromatic heterocycles. The maximum absolute atomic E-state index is 12.7. The van der Waals surface area contributed by atoms with Crippen LogP contribution < -0.4 is 16.0 Å². The Labute approximate surface area is 229 Å². The van der Waals surface area contributed by atoms with Gasteiger partial charge >= 0.3 is 6.03 Å². The number of nitrogens with one attached hydrogen (secondary N) is 3. The smallest absolute Gasteiger partial charge is 0.341 e.